The monoisotopic (exact) mass is 298 g/mol. The lowest BCUT2D eigenvalue weighted by Gasteiger charge is -2.16. The zero-order valence-electron chi connectivity index (χ0n) is 10.7. The molecule has 1 unspecified atom stereocenters. The van der Waals surface area contributed by atoms with E-state index in [0.29, 0.717) is 10.0 Å². The fraction of sp³-hybridized carbons (Fsp3) is 0.385. The van der Waals surface area contributed by atoms with Gasteiger partial charge in [-0.05, 0) is 37.1 Å². The number of H-pyrrole nitrogens is 1. The maximum atomic E-state index is 6.21. The normalized spacial score (nSPS) is 12.6. The molecular formula is C13H16Cl2N4. The van der Waals surface area contributed by atoms with Crippen molar-refractivity contribution in [2.45, 2.75) is 25.8 Å². The first kappa shape index (κ1) is 14.3. The first-order valence-electron chi connectivity index (χ1n) is 6.23. The molecule has 0 aliphatic carbocycles. The van der Waals surface area contributed by atoms with Crippen molar-refractivity contribution < 1.29 is 0 Å². The molecule has 0 amide bonds. The van der Waals surface area contributed by atoms with Crippen LogP contribution in [0.25, 0.3) is 0 Å². The van der Waals surface area contributed by atoms with Crippen molar-refractivity contribution in [2.75, 3.05) is 6.54 Å². The molecule has 102 valence electrons. The lowest BCUT2D eigenvalue weighted by atomic mass is 10.0. The van der Waals surface area contributed by atoms with Gasteiger partial charge in [-0.3, -0.25) is 0 Å². The van der Waals surface area contributed by atoms with Gasteiger partial charge in [0, 0.05) is 10.0 Å². The summed E-state index contributed by atoms with van der Waals surface area (Å²) in [7, 11) is 0. The van der Waals surface area contributed by atoms with Gasteiger partial charge in [0.1, 0.15) is 0 Å². The Morgan fingerprint density at radius 3 is 2.84 bits per heavy atom. The quantitative estimate of drug-likeness (QED) is 0.859. The number of aromatic nitrogens is 3. The zero-order chi connectivity index (χ0) is 13.7. The molecule has 2 aromatic rings. The third-order valence-corrected chi connectivity index (χ3v) is 3.46. The molecule has 6 heteroatoms. The van der Waals surface area contributed by atoms with Crippen LogP contribution in [0.2, 0.25) is 10.0 Å². The number of benzene rings is 1. The van der Waals surface area contributed by atoms with E-state index >= 15 is 0 Å². The number of halogens is 2. The highest BCUT2D eigenvalue weighted by Gasteiger charge is 2.15. The number of hydrogen-bond donors (Lipinski definition) is 2. The van der Waals surface area contributed by atoms with E-state index in [2.05, 4.69) is 27.7 Å². The molecule has 0 radical (unpaired) electrons. The van der Waals surface area contributed by atoms with E-state index in [1.54, 1.807) is 12.3 Å². The third-order valence-electron chi connectivity index (χ3n) is 2.87. The summed E-state index contributed by atoms with van der Waals surface area (Å²) in [5.74, 6) is 0. The van der Waals surface area contributed by atoms with Gasteiger partial charge in [0.2, 0.25) is 0 Å². The molecule has 1 aromatic carbocycles. The van der Waals surface area contributed by atoms with Crippen LogP contribution < -0.4 is 5.32 Å². The van der Waals surface area contributed by atoms with Crippen molar-refractivity contribution in [3.05, 3.63) is 45.7 Å². The van der Waals surface area contributed by atoms with Gasteiger partial charge in [-0.2, -0.15) is 15.4 Å². The Labute approximate surface area is 122 Å². The van der Waals surface area contributed by atoms with Crippen molar-refractivity contribution in [3.8, 4) is 0 Å². The second-order valence-electron chi connectivity index (χ2n) is 4.34. The molecule has 2 N–H and O–H groups in total. The SMILES string of the molecule is CCCNC(Cc1ccc(Cl)cc1Cl)c1cn[nH]n1. The summed E-state index contributed by atoms with van der Waals surface area (Å²) >= 11 is 12.1. The van der Waals surface area contributed by atoms with Gasteiger partial charge in [-0.15, -0.1) is 0 Å². The van der Waals surface area contributed by atoms with Crippen LogP contribution in [0.15, 0.2) is 24.4 Å². The van der Waals surface area contributed by atoms with Gasteiger partial charge >= 0.3 is 0 Å². The standard InChI is InChI=1S/C13H16Cl2N4/c1-2-5-16-12(13-8-17-19-18-13)6-9-3-4-10(14)7-11(9)15/h3-4,7-8,12,16H,2,5-6H2,1H3,(H,17,18,19). The molecule has 0 fully saturated rings. The van der Waals surface area contributed by atoms with Crippen LogP contribution in [0.5, 0.6) is 0 Å². The lowest BCUT2D eigenvalue weighted by molar-refractivity contribution is 0.517. The topological polar surface area (TPSA) is 53.6 Å². The molecule has 1 atom stereocenters. The summed E-state index contributed by atoms with van der Waals surface area (Å²) in [5, 5.41) is 15.4. The molecule has 0 spiro atoms. The van der Waals surface area contributed by atoms with E-state index in [9.17, 15) is 0 Å². The number of aromatic amines is 1. The van der Waals surface area contributed by atoms with E-state index in [1.165, 1.54) is 0 Å². The highest BCUT2D eigenvalue weighted by molar-refractivity contribution is 6.35. The molecule has 1 aromatic heterocycles. The maximum absolute atomic E-state index is 6.21. The molecule has 0 saturated heterocycles. The summed E-state index contributed by atoms with van der Waals surface area (Å²) in [6, 6.07) is 5.66. The van der Waals surface area contributed by atoms with E-state index in [4.69, 9.17) is 23.2 Å². The maximum Gasteiger partial charge on any atom is 0.0997 e. The first-order chi connectivity index (χ1) is 9.20. The smallest absolute Gasteiger partial charge is 0.0997 e. The van der Waals surface area contributed by atoms with Gasteiger partial charge in [-0.1, -0.05) is 36.2 Å². The van der Waals surface area contributed by atoms with Crippen molar-refractivity contribution in [3.63, 3.8) is 0 Å². The van der Waals surface area contributed by atoms with Gasteiger partial charge in [0.05, 0.1) is 17.9 Å². The molecular weight excluding hydrogens is 283 g/mol. The molecule has 19 heavy (non-hydrogen) atoms. The van der Waals surface area contributed by atoms with Crippen molar-refractivity contribution in [1.82, 2.24) is 20.7 Å². The fourth-order valence-electron chi connectivity index (χ4n) is 1.89. The highest BCUT2D eigenvalue weighted by atomic mass is 35.5. The van der Waals surface area contributed by atoms with Crippen LogP contribution in [0.3, 0.4) is 0 Å². The largest absolute Gasteiger partial charge is 0.308 e. The number of rotatable bonds is 6. The second kappa shape index (κ2) is 6.89. The van der Waals surface area contributed by atoms with Crippen LogP contribution in [-0.2, 0) is 6.42 Å². The lowest BCUT2D eigenvalue weighted by Crippen LogP contribution is -2.24. The van der Waals surface area contributed by atoms with Gasteiger partial charge in [-0.25, -0.2) is 0 Å². The van der Waals surface area contributed by atoms with E-state index < -0.39 is 0 Å². The number of nitrogens with zero attached hydrogens (tertiary/aromatic N) is 2. The van der Waals surface area contributed by atoms with Crippen molar-refractivity contribution >= 4 is 23.2 Å². The predicted molar refractivity (Wildman–Crippen MR) is 77.6 cm³/mol. The van der Waals surface area contributed by atoms with Crippen LogP contribution in [0.4, 0.5) is 0 Å². The molecule has 1 heterocycles. The third kappa shape index (κ3) is 3.93. The fourth-order valence-corrected chi connectivity index (χ4v) is 2.37. The molecule has 0 aliphatic heterocycles. The van der Waals surface area contributed by atoms with Crippen LogP contribution in [0.1, 0.15) is 30.6 Å². The Morgan fingerprint density at radius 1 is 1.37 bits per heavy atom. The first-order valence-corrected chi connectivity index (χ1v) is 6.99. The summed E-state index contributed by atoms with van der Waals surface area (Å²) < 4.78 is 0. The Morgan fingerprint density at radius 2 is 2.21 bits per heavy atom. The number of hydrogen-bond acceptors (Lipinski definition) is 3. The number of nitrogens with one attached hydrogen (secondary N) is 2. The van der Waals surface area contributed by atoms with Gasteiger partial charge in [0.15, 0.2) is 0 Å². The Bertz CT molecular complexity index is 513. The minimum Gasteiger partial charge on any atom is -0.308 e. The van der Waals surface area contributed by atoms with E-state index in [0.717, 1.165) is 30.6 Å². The minimum atomic E-state index is 0.0948. The molecule has 2 rings (SSSR count). The molecule has 0 bridgehead atoms. The Balaban J connectivity index is 2.15. The predicted octanol–water partition coefficient (Wildman–Crippen LogP) is 3.39. The van der Waals surface area contributed by atoms with Gasteiger partial charge in [0.25, 0.3) is 0 Å². The summed E-state index contributed by atoms with van der Waals surface area (Å²) in [6.07, 6.45) is 3.54. The Kier molecular flexibility index (Phi) is 5.19. The molecule has 0 saturated carbocycles. The molecule has 4 nitrogen and oxygen atoms in total. The van der Waals surface area contributed by atoms with E-state index in [-0.39, 0.29) is 6.04 Å². The van der Waals surface area contributed by atoms with E-state index in [1.807, 2.05) is 12.1 Å². The van der Waals surface area contributed by atoms with Crippen molar-refractivity contribution in [1.29, 1.82) is 0 Å². The van der Waals surface area contributed by atoms with Gasteiger partial charge < -0.3 is 5.32 Å². The van der Waals surface area contributed by atoms with Crippen LogP contribution >= 0.6 is 23.2 Å². The Hall–Kier alpha value is -1.10. The zero-order valence-corrected chi connectivity index (χ0v) is 12.2. The average Bonchev–Trinajstić information content (AvgIpc) is 2.90. The van der Waals surface area contributed by atoms with Crippen LogP contribution in [0, 0.1) is 0 Å². The van der Waals surface area contributed by atoms with Crippen LogP contribution in [-0.4, -0.2) is 22.0 Å². The second-order valence-corrected chi connectivity index (χ2v) is 5.19. The highest BCUT2D eigenvalue weighted by Crippen LogP contribution is 2.25. The summed E-state index contributed by atoms with van der Waals surface area (Å²) in [4.78, 5) is 0. The van der Waals surface area contributed by atoms with Crippen molar-refractivity contribution in [2.24, 2.45) is 0 Å². The summed E-state index contributed by atoms with van der Waals surface area (Å²) in [6.45, 7) is 3.05. The average molecular weight is 299 g/mol. The molecule has 0 aliphatic rings. The summed E-state index contributed by atoms with van der Waals surface area (Å²) in [5.41, 5.74) is 1.93. The minimum absolute atomic E-state index is 0.0948.